The quantitative estimate of drug-likeness (QED) is 0.814. The molecular weight excluding hydrogens is 335 g/mol. The maximum absolute atomic E-state index is 12.0. The summed E-state index contributed by atoms with van der Waals surface area (Å²) in [6, 6.07) is 9.23. The molecule has 5 nitrogen and oxygen atoms in total. The summed E-state index contributed by atoms with van der Waals surface area (Å²) in [6.45, 7) is -0.160. The second kappa shape index (κ2) is 6.72. The van der Waals surface area contributed by atoms with Crippen molar-refractivity contribution in [2.75, 3.05) is 6.54 Å². The fraction of sp³-hybridized carbons (Fsp3) is 0.154. The summed E-state index contributed by atoms with van der Waals surface area (Å²) in [6.07, 6.45) is 0.177. The molecule has 0 saturated carbocycles. The van der Waals surface area contributed by atoms with Crippen LogP contribution in [0.5, 0.6) is 0 Å². The molecule has 0 radical (unpaired) electrons. The molecule has 0 aliphatic heterocycles. The van der Waals surface area contributed by atoms with Gasteiger partial charge >= 0.3 is 0 Å². The summed E-state index contributed by atoms with van der Waals surface area (Å²) in [5.41, 5.74) is 0.566. The molecule has 0 fully saturated rings. The molecule has 0 amide bonds. The Bertz CT molecular complexity index is 703. The summed E-state index contributed by atoms with van der Waals surface area (Å²) in [7, 11) is -3.75. The van der Waals surface area contributed by atoms with E-state index in [2.05, 4.69) is 9.71 Å². The summed E-state index contributed by atoms with van der Waals surface area (Å²) >= 11 is 11.4. The summed E-state index contributed by atoms with van der Waals surface area (Å²) in [5.74, 6) is 0. The number of nitrogens with one attached hydrogen (secondary N) is 1. The first-order chi connectivity index (χ1) is 9.88. The molecule has 1 aromatic carbocycles. The number of hydrogen-bond donors (Lipinski definition) is 2. The predicted octanol–water partition coefficient (Wildman–Crippen LogP) is 2.40. The van der Waals surface area contributed by atoms with Gasteiger partial charge in [-0.1, -0.05) is 35.3 Å². The Morgan fingerprint density at radius 1 is 1.14 bits per heavy atom. The van der Waals surface area contributed by atoms with Crippen LogP contribution in [0.2, 0.25) is 10.2 Å². The van der Waals surface area contributed by atoms with Crippen LogP contribution in [0, 0.1) is 0 Å². The fourth-order valence-electron chi connectivity index (χ4n) is 1.60. The third-order valence-corrected chi connectivity index (χ3v) is 4.62. The lowest BCUT2D eigenvalue weighted by Crippen LogP contribution is -2.28. The number of sulfonamides is 1. The van der Waals surface area contributed by atoms with Crippen molar-refractivity contribution in [2.24, 2.45) is 0 Å². The second-order valence-corrected chi connectivity index (χ2v) is 6.83. The largest absolute Gasteiger partial charge is 0.387 e. The third kappa shape index (κ3) is 4.39. The van der Waals surface area contributed by atoms with Crippen molar-refractivity contribution in [2.45, 2.75) is 11.0 Å². The predicted molar refractivity (Wildman–Crippen MR) is 80.8 cm³/mol. The number of aliphatic hydroxyl groups is 1. The highest BCUT2D eigenvalue weighted by molar-refractivity contribution is 7.89. The Balaban J connectivity index is 2.04. The van der Waals surface area contributed by atoms with Crippen LogP contribution >= 0.6 is 23.2 Å². The zero-order chi connectivity index (χ0) is 15.5. The van der Waals surface area contributed by atoms with E-state index in [9.17, 15) is 13.5 Å². The van der Waals surface area contributed by atoms with Crippen LogP contribution < -0.4 is 4.72 Å². The molecule has 112 valence electrons. The number of rotatable bonds is 5. The highest BCUT2D eigenvalue weighted by atomic mass is 35.5. The molecule has 1 atom stereocenters. The van der Waals surface area contributed by atoms with Gasteiger partial charge < -0.3 is 5.11 Å². The van der Waals surface area contributed by atoms with E-state index in [-0.39, 0.29) is 16.6 Å². The molecule has 2 aromatic rings. The maximum Gasteiger partial charge on any atom is 0.242 e. The van der Waals surface area contributed by atoms with Gasteiger partial charge in [0.15, 0.2) is 0 Å². The minimum absolute atomic E-state index is 0.0183. The Hall–Kier alpha value is -1.18. The van der Waals surface area contributed by atoms with E-state index in [1.807, 2.05) is 0 Å². The topological polar surface area (TPSA) is 79.3 Å². The van der Waals surface area contributed by atoms with Crippen molar-refractivity contribution in [1.29, 1.82) is 0 Å². The third-order valence-electron chi connectivity index (χ3n) is 2.73. The van der Waals surface area contributed by atoms with Crippen molar-refractivity contribution >= 4 is 33.2 Å². The van der Waals surface area contributed by atoms with Crippen molar-refractivity contribution in [1.82, 2.24) is 9.71 Å². The molecule has 0 aliphatic rings. The fourth-order valence-corrected chi connectivity index (χ4v) is 2.82. The molecule has 0 aliphatic carbocycles. The molecule has 2 N–H and O–H groups in total. The average molecular weight is 347 g/mol. The Morgan fingerprint density at radius 3 is 2.38 bits per heavy atom. The van der Waals surface area contributed by atoms with Crippen LogP contribution in [0.1, 0.15) is 11.7 Å². The van der Waals surface area contributed by atoms with Gasteiger partial charge in [-0.2, -0.15) is 0 Å². The molecule has 0 spiro atoms. The van der Waals surface area contributed by atoms with E-state index < -0.39 is 16.1 Å². The lowest BCUT2D eigenvalue weighted by molar-refractivity contribution is 0.182. The highest BCUT2D eigenvalue weighted by Crippen LogP contribution is 2.17. The molecule has 1 unspecified atom stereocenters. The smallest absolute Gasteiger partial charge is 0.242 e. The van der Waals surface area contributed by atoms with E-state index in [1.54, 1.807) is 24.3 Å². The molecule has 21 heavy (non-hydrogen) atoms. The van der Waals surface area contributed by atoms with E-state index in [0.717, 1.165) is 6.20 Å². The van der Waals surface area contributed by atoms with Gasteiger partial charge in [-0.25, -0.2) is 18.1 Å². The first-order valence-corrected chi connectivity index (χ1v) is 8.17. The van der Waals surface area contributed by atoms with Crippen LogP contribution in [-0.4, -0.2) is 25.1 Å². The molecule has 0 saturated heterocycles. The van der Waals surface area contributed by atoms with Crippen molar-refractivity contribution < 1.29 is 13.5 Å². The van der Waals surface area contributed by atoms with Gasteiger partial charge in [0, 0.05) is 17.8 Å². The molecule has 8 heteroatoms. The number of hydrogen-bond acceptors (Lipinski definition) is 4. The SMILES string of the molecule is O=S(=O)(NCC(O)c1ccc(Cl)cc1)c1ccc(Cl)nc1. The van der Waals surface area contributed by atoms with Crippen molar-refractivity contribution in [3.05, 3.63) is 58.3 Å². The number of aromatic nitrogens is 1. The standard InChI is InChI=1S/C13H12Cl2N2O3S/c14-10-3-1-9(2-4-10)12(18)8-17-21(19,20)11-5-6-13(15)16-7-11/h1-7,12,17-18H,8H2. The second-order valence-electron chi connectivity index (χ2n) is 4.24. The van der Waals surface area contributed by atoms with Crippen molar-refractivity contribution in [3.8, 4) is 0 Å². The zero-order valence-electron chi connectivity index (χ0n) is 10.7. The summed E-state index contributed by atoms with van der Waals surface area (Å²) in [4.78, 5) is 3.69. The normalized spacial score (nSPS) is 13.1. The first kappa shape index (κ1) is 16.2. The average Bonchev–Trinajstić information content (AvgIpc) is 2.46. The van der Waals surface area contributed by atoms with Gasteiger partial charge in [0.1, 0.15) is 10.0 Å². The first-order valence-electron chi connectivity index (χ1n) is 5.93. The Kier molecular flexibility index (Phi) is 5.18. The number of halogens is 2. The van der Waals surface area contributed by atoms with Crippen molar-refractivity contribution in [3.63, 3.8) is 0 Å². The summed E-state index contributed by atoms with van der Waals surface area (Å²) < 4.78 is 26.3. The van der Waals surface area contributed by atoms with E-state index >= 15 is 0 Å². The van der Waals surface area contributed by atoms with Gasteiger partial charge in [0.2, 0.25) is 10.0 Å². The Labute approximate surface area is 132 Å². The zero-order valence-corrected chi connectivity index (χ0v) is 13.0. The van der Waals surface area contributed by atoms with E-state index in [4.69, 9.17) is 23.2 Å². The lowest BCUT2D eigenvalue weighted by Gasteiger charge is -2.12. The molecule has 0 bridgehead atoms. The van der Waals surface area contributed by atoms with Gasteiger partial charge in [0.05, 0.1) is 6.10 Å². The number of benzene rings is 1. The van der Waals surface area contributed by atoms with Gasteiger partial charge in [-0.3, -0.25) is 0 Å². The Morgan fingerprint density at radius 2 is 1.81 bits per heavy atom. The summed E-state index contributed by atoms with van der Waals surface area (Å²) in [5, 5.41) is 10.7. The molecular formula is C13H12Cl2N2O3S. The monoisotopic (exact) mass is 346 g/mol. The number of nitrogens with zero attached hydrogens (tertiary/aromatic N) is 1. The van der Waals surface area contributed by atoms with E-state index in [0.29, 0.717) is 10.6 Å². The minimum Gasteiger partial charge on any atom is -0.387 e. The minimum atomic E-state index is -3.75. The van der Waals surface area contributed by atoms with Crippen LogP contribution in [-0.2, 0) is 10.0 Å². The molecule has 2 rings (SSSR count). The van der Waals surface area contributed by atoms with Gasteiger partial charge in [-0.15, -0.1) is 0 Å². The van der Waals surface area contributed by atoms with Gasteiger partial charge in [0.25, 0.3) is 0 Å². The van der Waals surface area contributed by atoms with Crippen LogP contribution in [0.15, 0.2) is 47.5 Å². The van der Waals surface area contributed by atoms with Crippen LogP contribution in [0.4, 0.5) is 0 Å². The molecule has 1 aromatic heterocycles. The number of aliphatic hydroxyl groups excluding tert-OH is 1. The molecule has 1 heterocycles. The van der Waals surface area contributed by atoms with Crippen LogP contribution in [0.25, 0.3) is 0 Å². The maximum atomic E-state index is 12.0. The highest BCUT2D eigenvalue weighted by Gasteiger charge is 2.17. The van der Waals surface area contributed by atoms with Gasteiger partial charge in [-0.05, 0) is 29.8 Å². The lowest BCUT2D eigenvalue weighted by atomic mass is 10.1. The number of pyridine rings is 1. The van der Waals surface area contributed by atoms with E-state index in [1.165, 1.54) is 12.1 Å². The van der Waals surface area contributed by atoms with Crippen LogP contribution in [0.3, 0.4) is 0 Å².